The molecule has 2 atom stereocenters. The Kier molecular flexibility index (Phi) is 6.12. The zero-order valence-corrected chi connectivity index (χ0v) is 12.1. The zero-order chi connectivity index (χ0) is 14.4. The minimum atomic E-state index is -0.977. The van der Waals surface area contributed by atoms with Gasteiger partial charge in [0.25, 0.3) is 0 Å². The van der Waals surface area contributed by atoms with E-state index in [1.54, 1.807) is 32.4 Å². The van der Waals surface area contributed by atoms with Gasteiger partial charge >= 0.3 is 0 Å². The highest BCUT2D eigenvalue weighted by Gasteiger charge is 2.27. The van der Waals surface area contributed by atoms with Crippen molar-refractivity contribution in [1.82, 2.24) is 0 Å². The number of methoxy groups -OCH3 is 2. The molecule has 0 saturated carbocycles. The third-order valence-electron chi connectivity index (χ3n) is 3.61. The van der Waals surface area contributed by atoms with Gasteiger partial charge in [-0.3, -0.25) is 0 Å². The minimum absolute atomic E-state index is 0.0610. The fourth-order valence-electron chi connectivity index (χ4n) is 2.28. The summed E-state index contributed by atoms with van der Waals surface area (Å²) in [4.78, 5) is 0. The van der Waals surface area contributed by atoms with E-state index < -0.39 is 12.2 Å². The van der Waals surface area contributed by atoms with Crippen LogP contribution in [-0.2, 0) is 0 Å². The second-order valence-corrected chi connectivity index (χ2v) is 4.62. The Labute approximate surface area is 115 Å². The highest BCUT2D eigenvalue weighted by molar-refractivity contribution is 5.42. The molecular weight excluding hydrogens is 244 g/mol. The van der Waals surface area contributed by atoms with Crippen LogP contribution in [0.4, 0.5) is 0 Å². The lowest BCUT2D eigenvalue weighted by molar-refractivity contribution is -0.0220. The summed E-state index contributed by atoms with van der Waals surface area (Å²) in [5.74, 6) is 1.25. The largest absolute Gasteiger partial charge is 0.497 e. The van der Waals surface area contributed by atoms with E-state index in [0.29, 0.717) is 17.1 Å². The molecule has 0 radical (unpaired) electrons. The maximum absolute atomic E-state index is 10.4. The Bertz CT molecular complexity index is 388. The topological polar surface area (TPSA) is 58.9 Å². The van der Waals surface area contributed by atoms with Crippen molar-refractivity contribution >= 4 is 0 Å². The van der Waals surface area contributed by atoms with Gasteiger partial charge in [-0.05, 0) is 24.1 Å². The molecule has 0 spiro atoms. The monoisotopic (exact) mass is 268 g/mol. The molecule has 0 aromatic heterocycles. The van der Waals surface area contributed by atoms with Gasteiger partial charge in [-0.1, -0.05) is 26.7 Å². The molecule has 108 valence electrons. The summed E-state index contributed by atoms with van der Waals surface area (Å²) < 4.78 is 10.4. The van der Waals surface area contributed by atoms with Gasteiger partial charge in [0, 0.05) is 5.56 Å². The smallest absolute Gasteiger partial charge is 0.125 e. The van der Waals surface area contributed by atoms with Gasteiger partial charge in [0.15, 0.2) is 0 Å². The maximum Gasteiger partial charge on any atom is 0.125 e. The van der Waals surface area contributed by atoms with Gasteiger partial charge < -0.3 is 19.7 Å². The Morgan fingerprint density at radius 1 is 1.05 bits per heavy atom. The van der Waals surface area contributed by atoms with E-state index in [1.165, 1.54) is 0 Å². The first-order valence-corrected chi connectivity index (χ1v) is 6.67. The Morgan fingerprint density at radius 2 is 1.68 bits per heavy atom. The van der Waals surface area contributed by atoms with E-state index >= 15 is 0 Å². The number of aliphatic hydroxyl groups is 2. The van der Waals surface area contributed by atoms with Gasteiger partial charge in [-0.15, -0.1) is 0 Å². The molecule has 4 heteroatoms. The summed E-state index contributed by atoms with van der Waals surface area (Å²) in [7, 11) is 3.11. The first kappa shape index (κ1) is 15.8. The first-order valence-electron chi connectivity index (χ1n) is 6.67. The molecule has 1 rings (SSSR count). The van der Waals surface area contributed by atoms with Crippen molar-refractivity contribution in [2.75, 3.05) is 14.2 Å². The average molecular weight is 268 g/mol. The quantitative estimate of drug-likeness (QED) is 0.798. The summed E-state index contributed by atoms with van der Waals surface area (Å²) in [6, 6.07) is 5.20. The Balaban J connectivity index is 3.05. The van der Waals surface area contributed by atoms with Crippen LogP contribution in [-0.4, -0.2) is 30.5 Å². The third-order valence-corrected chi connectivity index (χ3v) is 3.61. The van der Waals surface area contributed by atoms with Gasteiger partial charge in [0.2, 0.25) is 0 Å². The van der Waals surface area contributed by atoms with Crippen LogP contribution in [0.1, 0.15) is 38.4 Å². The molecule has 0 saturated heterocycles. The standard InChI is InChI=1S/C15H24O4/c1-5-10(6-2)14(16)15(17)12-9-11(18-3)7-8-13(12)19-4/h7-10,14-17H,5-6H2,1-4H3. The molecule has 4 nitrogen and oxygen atoms in total. The van der Waals surface area contributed by atoms with E-state index in [0.717, 1.165) is 12.8 Å². The molecule has 19 heavy (non-hydrogen) atoms. The van der Waals surface area contributed by atoms with Crippen molar-refractivity contribution in [3.8, 4) is 11.5 Å². The van der Waals surface area contributed by atoms with Crippen LogP contribution in [0.25, 0.3) is 0 Å². The second kappa shape index (κ2) is 7.36. The van der Waals surface area contributed by atoms with E-state index in [4.69, 9.17) is 9.47 Å². The molecule has 0 amide bonds. The van der Waals surface area contributed by atoms with E-state index in [-0.39, 0.29) is 5.92 Å². The zero-order valence-electron chi connectivity index (χ0n) is 12.1. The van der Waals surface area contributed by atoms with Crippen LogP contribution >= 0.6 is 0 Å². The lowest BCUT2D eigenvalue weighted by Crippen LogP contribution is -2.27. The Morgan fingerprint density at radius 3 is 2.16 bits per heavy atom. The normalized spacial score (nSPS) is 14.3. The SMILES string of the molecule is CCC(CC)C(O)C(O)c1cc(OC)ccc1OC. The predicted molar refractivity (Wildman–Crippen MR) is 74.6 cm³/mol. The van der Waals surface area contributed by atoms with Crippen LogP contribution in [0.5, 0.6) is 11.5 Å². The van der Waals surface area contributed by atoms with Gasteiger partial charge in [-0.2, -0.15) is 0 Å². The number of ether oxygens (including phenoxy) is 2. The lowest BCUT2D eigenvalue weighted by atomic mass is 9.89. The van der Waals surface area contributed by atoms with Crippen LogP contribution in [0.2, 0.25) is 0 Å². The molecule has 1 aromatic rings. The molecule has 2 unspecified atom stereocenters. The number of hydrogen-bond donors (Lipinski definition) is 2. The minimum Gasteiger partial charge on any atom is -0.497 e. The number of rotatable bonds is 7. The molecular formula is C15H24O4. The summed E-state index contributed by atoms with van der Waals surface area (Å²) in [6.45, 7) is 4.01. The van der Waals surface area contributed by atoms with Crippen LogP contribution in [0.3, 0.4) is 0 Å². The first-order chi connectivity index (χ1) is 9.08. The van der Waals surface area contributed by atoms with E-state index in [1.807, 2.05) is 13.8 Å². The summed E-state index contributed by atoms with van der Waals surface area (Å²) in [5, 5.41) is 20.6. The average Bonchev–Trinajstić information content (AvgIpc) is 2.46. The number of aliphatic hydroxyl groups excluding tert-OH is 2. The van der Waals surface area contributed by atoms with Crippen molar-refractivity contribution in [1.29, 1.82) is 0 Å². The summed E-state index contributed by atoms with van der Waals surface area (Å²) >= 11 is 0. The van der Waals surface area contributed by atoms with E-state index in [2.05, 4.69) is 0 Å². The van der Waals surface area contributed by atoms with Gasteiger partial charge in [0.05, 0.1) is 20.3 Å². The van der Waals surface area contributed by atoms with Crippen molar-refractivity contribution in [3.05, 3.63) is 23.8 Å². The molecule has 0 aliphatic heterocycles. The van der Waals surface area contributed by atoms with Crippen molar-refractivity contribution < 1.29 is 19.7 Å². The van der Waals surface area contributed by atoms with Crippen LogP contribution in [0, 0.1) is 5.92 Å². The molecule has 0 aliphatic carbocycles. The predicted octanol–water partition coefficient (Wildman–Crippen LogP) is 2.53. The molecule has 0 fully saturated rings. The molecule has 2 N–H and O–H groups in total. The van der Waals surface area contributed by atoms with Crippen molar-refractivity contribution in [2.45, 2.75) is 38.9 Å². The highest BCUT2D eigenvalue weighted by Crippen LogP contribution is 2.34. The molecule has 1 aromatic carbocycles. The molecule has 0 aliphatic rings. The molecule has 0 heterocycles. The fourth-order valence-corrected chi connectivity index (χ4v) is 2.28. The summed E-state index contributed by atoms with van der Waals surface area (Å²) in [5.41, 5.74) is 0.557. The van der Waals surface area contributed by atoms with Crippen LogP contribution in [0.15, 0.2) is 18.2 Å². The highest BCUT2D eigenvalue weighted by atomic mass is 16.5. The van der Waals surface area contributed by atoms with Crippen molar-refractivity contribution in [3.63, 3.8) is 0 Å². The van der Waals surface area contributed by atoms with Crippen LogP contribution < -0.4 is 9.47 Å². The van der Waals surface area contributed by atoms with E-state index in [9.17, 15) is 10.2 Å². The number of hydrogen-bond acceptors (Lipinski definition) is 4. The Hall–Kier alpha value is -1.26. The lowest BCUT2D eigenvalue weighted by Gasteiger charge is -2.26. The second-order valence-electron chi connectivity index (χ2n) is 4.62. The number of benzene rings is 1. The van der Waals surface area contributed by atoms with Gasteiger partial charge in [-0.25, -0.2) is 0 Å². The maximum atomic E-state index is 10.4. The molecule has 0 bridgehead atoms. The van der Waals surface area contributed by atoms with Crippen molar-refractivity contribution in [2.24, 2.45) is 5.92 Å². The fraction of sp³-hybridized carbons (Fsp3) is 0.600. The van der Waals surface area contributed by atoms with Gasteiger partial charge in [0.1, 0.15) is 17.6 Å². The summed E-state index contributed by atoms with van der Waals surface area (Å²) in [6.07, 6.45) is -0.145. The third kappa shape index (κ3) is 3.61.